The van der Waals surface area contributed by atoms with Gasteiger partial charge in [-0.15, -0.1) is 6.42 Å². The molecule has 0 saturated carbocycles. The second-order valence-corrected chi connectivity index (χ2v) is 7.58. The van der Waals surface area contributed by atoms with E-state index in [0.29, 0.717) is 11.5 Å². The predicted octanol–water partition coefficient (Wildman–Crippen LogP) is 1.56. The summed E-state index contributed by atoms with van der Waals surface area (Å²) in [6, 6.07) is 7.28. The van der Waals surface area contributed by atoms with E-state index in [0.717, 1.165) is 25.1 Å². The fraction of sp³-hybridized carbons (Fsp3) is 0.500. The van der Waals surface area contributed by atoms with Gasteiger partial charge in [0.05, 0.1) is 18.3 Å². The number of terminal acetylenes is 1. The highest BCUT2D eigenvalue weighted by molar-refractivity contribution is 7.89. The molecule has 0 spiro atoms. The number of rotatable bonds is 6. The first-order chi connectivity index (χ1) is 10.5. The summed E-state index contributed by atoms with van der Waals surface area (Å²) >= 11 is 0. The van der Waals surface area contributed by atoms with Crippen molar-refractivity contribution in [1.29, 1.82) is 0 Å². The van der Waals surface area contributed by atoms with Crippen molar-refractivity contribution in [3.63, 3.8) is 0 Å². The van der Waals surface area contributed by atoms with E-state index in [4.69, 9.17) is 11.2 Å². The van der Waals surface area contributed by atoms with Gasteiger partial charge < -0.3 is 9.64 Å². The second kappa shape index (κ2) is 7.14. The number of anilines is 1. The third-order valence-electron chi connectivity index (χ3n) is 3.81. The molecule has 0 radical (unpaired) electrons. The smallest absolute Gasteiger partial charge is 0.244 e. The van der Waals surface area contributed by atoms with Crippen LogP contribution in [0.2, 0.25) is 0 Å². The Balaban J connectivity index is 2.31. The quantitative estimate of drug-likeness (QED) is 0.589. The molecular weight excluding hydrogens is 300 g/mol. The van der Waals surface area contributed by atoms with Gasteiger partial charge >= 0.3 is 0 Å². The molecule has 1 fully saturated rings. The highest BCUT2D eigenvalue weighted by atomic mass is 32.2. The fourth-order valence-electron chi connectivity index (χ4n) is 2.69. The Morgan fingerprint density at radius 2 is 2.14 bits per heavy atom. The standard InChI is InChI=1S/C16H22N2O3S/c1-4-12-21-13-14-8-7-11-18(14)15-9-5-6-10-16(15)22(19,20)17(2)3/h1,5-6,9-10,14H,7-8,11-13H2,2-3H3/t14-/m0/s1. The molecular formula is C16H22N2O3S. The molecule has 120 valence electrons. The molecule has 1 atom stereocenters. The number of benzene rings is 1. The van der Waals surface area contributed by atoms with E-state index in [-0.39, 0.29) is 12.6 Å². The van der Waals surface area contributed by atoms with Crippen molar-refractivity contribution >= 4 is 15.7 Å². The summed E-state index contributed by atoms with van der Waals surface area (Å²) in [5.41, 5.74) is 0.739. The van der Waals surface area contributed by atoms with Gasteiger partial charge in [0.1, 0.15) is 11.5 Å². The maximum Gasteiger partial charge on any atom is 0.244 e. The van der Waals surface area contributed by atoms with Gasteiger partial charge in [0.15, 0.2) is 0 Å². The lowest BCUT2D eigenvalue weighted by atomic mass is 10.2. The first-order valence-corrected chi connectivity index (χ1v) is 8.72. The van der Waals surface area contributed by atoms with Gasteiger partial charge in [-0.1, -0.05) is 18.1 Å². The first kappa shape index (κ1) is 16.8. The van der Waals surface area contributed by atoms with Crippen LogP contribution in [0.1, 0.15) is 12.8 Å². The van der Waals surface area contributed by atoms with E-state index in [1.54, 1.807) is 26.2 Å². The van der Waals surface area contributed by atoms with E-state index >= 15 is 0 Å². The van der Waals surface area contributed by atoms with E-state index in [1.165, 1.54) is 4.31 Å². The van der Waals surface area contributed by atoms with Crippen molar-refractivity contribution < 1.29 is 13.2 Å². The molecule has 22 heavy (non-hydrogen) atoms. The molecule has 6 heteroatoms. The van der Waals surface area contributed by atoms with E-state index in [2.05, 4.69) is 10.8 Å². The lowest BCUT2D eigenvalue weighted by Gasteiger charge is -2.29. The Labute approximate surface area is 132 Å². The van der Waals surface area contributed by atoms with Gasteiger partial charge in [0.25, 0.3) is 0 Å². The summed E-state index contributed by atoms with van der Waals surface area (Å²) in [6.07, 6.45) is 7.19. The maximum atomic E-state index is 12.5. The van der Waals surface area contributed by atoms with Crippen molar-refractivity contribution in [3.05, 3.63) is 24.3 Å². The molecule has 1 aromatic rings. The third kappa shape index (κ3) is 3.43. The van der Waals surface area contributed by atoms with Crippen LogP contribution in [0, 0.1) is 12.3 Å². The largest absolute Gasteiger partial charge is 0.367 e. The monoisotopic (exact) mass is 322 g/mol. The van der Waals surface area contributed by atoms with Crippen LogP contribution in [0.5, 0.6) is 0 Å². The zero-order valence-corrected chi connectivity index (χ0v) is 13.8. The molecule has 1 heterocycles. The minimum absolute atomic E-state index is 0.159. The van der Waals surface area contributed by atoms with Crippen molar-refractivity contribution in [2.75, 3.05) is 38.8 Å². The molecule has 1 aliphatic rings. The molecule has 0 aromatic heterocycles. The Morgan fingerprint density at radius 1 is 1.41 bits per heavy atom. The normalized spacial score (nSPS) is 18.6. The van der Waals surface area contributed by atoms with Gasteiger partial charge in [0.2, 0.25) is 10.0 Å². The Bertz CT molecular complexity index is 650. The van der Waals surface area contributed by atoms with Crippen molar-refractivity contribution in [3.8, 4) is 12.3 Å². The SMILES string of the molecule is C#CCOC[C@@H]1CCCN1c1ccccc1S(=O)(=O)N(C)C. The highest BCUT2D eigenvalue weighted by Crippen LogP contribution is 2.32. The van der Waals surface area contributed by atoms with Crippen LogP contribution in [-0.2, 0) is 14.8 Å². The summed E-state index contributed by atoms with van der Waals surface area (Å²) in [5.74, 6) is 2.45. The molecule has 0 aliphatic carbocycles. The van der Waals surface area contributed by atoms with Gasteiger partial charge in [-0.3, -0.25) is 0 Å². The number of hydrogen-bond acceptors (Lipinski definition) is 4. The van der Waals surface area contributed by atoms with E-state index in [9.17, 15) is 8.42 Å². The number of nitrogens with zero attached hydrogens (tertiary/aromatic N) is 2. The number of para-hydroxylation sites is 1. The minimum Gasteiger partial charge on any atom is -0.367 e. The van der Waals surface area contributed by atoms with Gasteiger partial charge in [-0.2, -0.15) is 0 Å². The predicted molar refractivity (Wildman–Crippen MR) is 87.3 cm³/mol. The topological polar surface area (TPSA) is 49.9 Å². The molecule has 2 rings (SSSR count). The van der Waals surface area contributed by atoms with E-state index in [1.807, 2.05) is 12.1 Å². The lowest BCUT2D eigenvalue weighted by molar-refractivity contribution is 0.152. The Hall–Kier alpha value is -1.55. The summed E-state index contributed by atoms with van der Waals surface area (Å²) in [6.45, 7) is 1.62. The first-order valence-electron chi connectivity index (χ1n) is 7.28. The zero-order chi connectivity index (χ0) is 16.2. The zero-order valence-electron chi connectivity index (χ0n) is 13.0. The summed E-state index contributed by atoms with van der Waals surface area (Å²) in [4.78, 5) is 2.45. The summed E-state index contributed by atoms with van der Waals surface area (Å²) in [5, 5.41) is 0. The van der Waals surface area contributed by atoms with Crippen LogP contribution in [0.15, 0.2) is 29.2 Å². The van der Waals surface area contributed by atoms with Crippen molar-refractivity contribution in [2.24, 2.45) is 0 Å². The van der Waals surface area contributed by atoms with Crippen LogP contribution in [-0.4, -0.2) is 52.6 Å². The van der Waals surface area contributed by atoms with Crippen LogP contribution >= 0.6 is 0 Å². The second-order valence-electron chi connectivity index (χ2n) is 5.46. The average molecular weight is 322 g/mol. The number of hydrogen-bond donors (Lipinski definition) is 0. The van der Waals surface area contributed by atoms with Crippen LogP contribution in [0.4, 0.5) is 5.69 Å². The molecule has 0 N–H and O–H groups in total. The highest BCUT2D eigenvalue weighted by Gasteiger charge is 2.30. The van der Waals surface area contributed by atoms with Crippen molar-refractivity contribution in [1.82, 2.24) is 4.31 Å². The van der Waals surface area contributed by atoms with Crippen molar-refractivity contribution in [2.45, 2.75) is 23.8 Å². The summed E-state index contributed by atoms with van der Waals surface area (Å²) < 4.78 is 31.7. The lowest BCUT2D eigenvalue weighted by Crippen LogP contribution is -2.35. The average Bonchev–Trinajstić information content (AvgIpc) is 2.95. The fourth-order valence-corrected chi connectivity index (χ4v) is 3.78. The molecule has 0 amide bonds. The number of ether oxygens (including phenoxy) is 1. The Morgan fingerprint density at radius 3 is 2.82 bits per heavy atom. The molecule has 1 aromatic carbocycles. The van der Waals surface area contributed by atoms with Gasteiger partial charge in [0, 0.05) is 20.6 Å². The molecule has 0 bridgehead atoms. The molecule has 5 nitrogen and oxygen atoms in total. The van der Waals surface area contributed by atoms with Crippen LogP contribution in [0.25, 0.3) is 0 Å². The molecule has 0 unspecified atom stereocenters. The maximum absolute atomic E-state index is 12.5. The van der Waals surface area contributed by atoms with Crippen LogP contribution in [0.3, 0.4) is 0 Å². The third-order valence-corrected chi connectivity index (χ3v) is 5.67. The Kier molecular flexibility index (Phi) is 5.46. The summed E-state index contributed by atoms with van der Waals surface area (Å²) in [7, 11) is -0.385. The molecule has 1 saturated heterocycles. The molecule has 1 aliphatic heterocycles. The van der Waals surface area contributed by atoms with Gasteiger partial charge in [-0.25, -0.2) is 12.7 Å². The van der Waals surface area contributed by atoms with Crippen LogP contribution < -0.4 is 4.90 Å². The minimum atomic E-state index is -3.48. The van der Waals surface area contributed by atoms with Gasteiger partial charge in [-0.05, 0) is 25.0 Å². The number of sulfonamides is 1. The van der Waals surface area contributed by atoms with E-state index < -0.39 is 10.0 Å².